The molecule has 2 atom stereocenters. The average Bonchev–Trinajstić information content (AvgIpc) is 2.77. The first kappa shape index (κ1) is 16.0. The predicted octanol–water partition coefficient (Wildman–Crippen LogP) is 4.02. The molecule has 2 N–H and O–H groups in total. The van der Waals surface area contributed by atoms with E-state index in [0.29, 0.717) is 6.04 Å². The summed E-state index contributed by atoms with van der Waals surface area (Å²) in [7, 11) is 0. The van der Waals surface area contributed by atoms with Gasteiger partial charge in [-0.1, -0.05) is 71.1 Å². The van der Waals surface area contributed by atoms with E-state index >= 15 is 0 Å². The van der Waals surface area contributed by atoms with Crippen LogP contribution in [0.3, 0.4) is 0 Å². The molecule has 0 amide bonds. The molecule has 0 aromatic heterocycles. The van der Waals surface area contributed by atoms with E-state index in [1.165, 1.54) is 70.6 Å². The van der Waals surface area contributed by atoms with Crippen molar-refractivity contribution in [1.82, 2.24) is 5.32 Å². The zero-order valence-corrected chi connectivity index (χ0v) is 12.3. The fraction of sp³-hybridized carbons (Fsp3) is 1.00. The Morgan fingerprint density at radius 2 is 1.44 bits per heavy atom. The molecule has 1 aliphatic heterocycles. The lowest BCUT2D eigenvalue weighted by Gasteiger charge is -2.09. The van der Waals surface area contributed by atoms with Gasteiger partial charge < -0.3 is 10.4 Å². The average molecular weight is 255 g/mol. The van der Waals surface area contributed by atoms with E-state index in [0.717, 1.165) is 13.0 Å². The smallest absolute Gasteiger partial charge is 0.0679 e. The van der Waals surface area contributed by atoms with E-state index < -0.39 is 0 Å². The molecule has 0 aromatic rings. The lowest BCUT2D eigenvalue weighted by atomic mass is 10.0. The van der Waals surface area contributed by atoms with Crippen molar-refractivity contribution in [2.24, 2.45) is 0 Å². The first-order valence-electron chi connectivity index (χ1n) is 8.24. The van der Waals surface area contributed by atoms with Gasteiger partial charge in [0.25, 0.3) is 0 Å². The largest absolute Gasteiger partial charge is 0.392 e. The monoisotopic (exact) mass is 255 g/mol. The highest BCUT2D eigenvalue weighted by Crippen LogP contribution is 2.15. The quantitative estimate of drug-likeness (QED) is 0.547. The van der Waals surface area contributed by atoms with E-state index in [-0.39, 0.29) is 6.10 Å². The van der Waals surface area contributed by atoms with Crippen LogP contribution in [-0.2, 0) is 0 Å². The van der Waals surface area contributed by atoms with Gasteiger partial charge in [0.2, 0.25) is 0 Å². The van der Waals surface area contributed by atoms with Crippen molar-refractivity contribution in [2.75, 3.05) is 6.54 Å². The number of unbranched alkanes of at least 4 members (excludes halogenated alkanes) is 9. The Kier molecular flexibility index (Phi) is 9.59. The maximum absolute atomic E-state index is 9.40. The van der Waals surface area contributed by atoms with E-state index in [4.69, 9.17) is 0 Å². The SMILES string of the molecule is CCCCCCCCCCCCC1CC(O)CN1. The Morgan fingerprint density at radius 3 is 1.94 bits per heavy atom. The van der Waals surface area contributed by atoms with Gasteiger partial charge in [0.15, 0.2) is 0 Å². The molecule has 1 aliphatic rings. The van der Waals surface area contributed by atoms with Crippen LogP contribution in [0.25, 0.3) is 0 Å². The first-order chi connectivity index (χ1) is 8.83. The summed E-state index contributed by atoms with van der Waals surface area (Å²) in [6.07, 6.45) is 16.2. The maximum Gasteiger partial charge on any atom is 0.0679 e. The number of nitrogens with one attached hydrogen (secondary N) is 1. The van der Waals surface area contributed by atoms with E-state index in [1.54, 1.807) is 0 Å². The molecular formula is C16H33NO. The highest BCUT2D eigenvalue weighted by atomic mass is 16.3. The molecule has 1 saturated heterocycles. The van der Waals surface area contributed by atoms with Gasteiger partial charge in [-0.05, 0) is 12.8 Å². The fourth-order valence-corrected chi connectivity index (χ4v) is 2.90. The molecule has 0 aliphatic carbocycles. The second kappa shape index (κ2) is 10.8. The number of aliphatic hydroxyl groups is 1. The maximum atomic E-state index is 9.40. The van der Waals surface area contributed by atoms with Crippen molar-refractivity contribution < 1.29 is 5.11 Å². The van der Waals surface area contributed by atoms with Crippen LogP contribution in [-0.4, -0.2) is 23.8 Å². The topological polar surface area (TPSA) is 32.3 Å². The van der Waals surface area contributed by atoms with Crippen LogP contribution in [0.1, 0.15) is 84.0 Å². The van der Waals surface area contributed by atoms with Crippen molar-refractivity contribution in [2.45, 2.75) is 96.1 Å². The zero-order valence-electron chi connectivity index (χ0n) is 12.3. The van der Waals surface area contributed by atoms with Gasteiger partial charge in [0.1, 0.15) is 0 Å². The highest BCUT2D eigenvalue weighted by molar-refractivity contribution is 4.80. The van der Waals surface area contributed by atoms with Gasteiger partial charge in [-0.25, -0.2) is 0 Å². The van der Waals surface area contributed by atoms with Crippen molar-refractivity contribution in [1.29, 1.82) is 0 Å². The van der Waals surface area contributed by atoms with Crippen molar-refractivity contribution >= 4 is 0 Å². The molecular weight excluding hydrogens is 222 g/mol. The molecule has 0 aromatic carbocycles. The van der Waals surface area contributed by atoms with Gasteiger partial charge in [-0.3, -0.25) is 0 Å². The minimum absolute atomic E-state index is 0.0851. The van der Waals surface area contributed by atoms with Gasteiger partial charge in [0, 0.05) is 12.6 Å². The van der Waals surface area contributed by atoms with E-state index in [1.807, 2.05) is 0 Å². The van der Waals surface area contributed by atoms with Crippen LogP contribution in [0.5, 0.6) is 0 Å². The van der Waals surface area contributed by atoms with E-state index in [9.17, 15) is 5.11 Å². The molecule has 2 heteroatoms. The second-order valence-corrected chi connectivity index (χ2v) is 5.97. The molecule has 1 rings (SSSR count). The zero-order chi connectivity index (χ0) is 13.1. The van der Waals surface area contributed by atoms with Crippen LogP contribution >= 0.6 is 0 Å². The third kappa shape index (κ3) is 8.10. The Morgan fingerprint density at radius 1 is 0.889 bits per heavy atom. The molecule has 2 nitrogen and oxygen atoms in total. The second-order valence-electron chi connectivity index (χ2n) is 5.97. The Bertz CT molecular complexity index is 184. The van der Waals surface area contributed by atoms with Crippen molar-refractivity contribution in [3.05, 3.63) is 0 Å². The van der Waals surface area contributed by atoms with Crippen molar-refractivity contribution in [3.63, 3.8) is 0 Å². The molecule has 0 radical (unpaired) electrons. The summed E-state index contributed by atoms with van der Waals surface area (Å²) in [6, 6.07) is 0.592. The lowest BCUT2D eigenvalue weighted by molar-refractivity contribution is 0.192. The standard InChI is InChI=1S/C16H33NO/c1-2-3-4-5-6-7-8-9-10-11-12-15-13-16(18)14-17-15/h15-18H,2-14H2,1H3. The van der Waals surface area contributed by atoms with Crippen LogP contribution < -0.4 is 5.32 Å². The molecule has 0 spiro atoms. The Hall–Kier alpha value is -0.0800. The number of β-amino-alcohol motifs (C(OH)–C–C–N with tert-alkyl or cyclic N) is 1. The molecule has 18 heavy (non-hydrogen) atoms. The van der Waals surface area contributed by atoms with Gasteiger partial charge in [-0.2, -0.15) is 0 Å². The third-order valence-corrected chi connectivity index (χ3v) is 4.10. The Balaban J connectivity index is 1.73. The van der Waals surface area contributed by atoms with Gasteiger partial charge >= 0.3 is 0 Å². The van der Waals surface area contributed by atoms with Crippen LogP contribution in [0.4, 0.5) is 0 Å². The first-order valence-corrected chi connectivity index (χ1v) is 8.24. The summed E-state index contributed by atoms with van der Waals surface area (Å²) in [5.74, 6) is 0. The fourth-order valence-electron chi connectivity index (χ4n) is 2.90. The Labute approximate surface area is 114 Å². The van der Waals surface area contributed by atoms with Crippen molar-refractivity contribution in [3.8, 4) is 0 Å². The highest BCUT2D eigenvalue weighted by Gasteiger charge is 2.20. The predicted molar refractivity (Wildman–Crippen MR) is 78.9 cm³/mol. The van der Waals surface area contributed by atoms with Gasteiger partial charge in [0.05, 0.1) is 6.10 Å². The molecule has 0 bridgehead atoms. The summed E-state index contributed by atoms with van der Waals surface area (Å²) in [4.78, 5) is 0. The number of aliphatic hydroxyl groups excluding tert-OH is 1. The number of hydrogen-bond acceptors (Lipinski definition) is 2. The lowest BCUT2D eigenvalue weighted by Crippen LogP contribution is -2.21. The molecule has 2 unspecified atom stereocenters. The summed E-state index contributed by atoms with van der Waals surface area (Å²) in [6.45, 7) is 3.08. The molecule has 1 heterocycles. The summed E-state index contributed by atoms with van der Waals surface area (Å²) in [5, 5.41) is 12.8. The van der Waals surface area contributed by atoms with Gasteiger partial charge in [-0.15, -0.1) is 0 Å². The summed E-state index contributed by atoms with van der Waals surface area (Å²) >= 11 is 0. The third-order valence-electron chi connectivity index (χ3n) is 4.10. The molecule has 1 fully saturated rings. The minimum Gasteiger partial charge on any atom is -0.392 e. The number of hydrogen-bond donors (Lipinski definition) is 2. The summed E-state index contributed by atoms with van der Waals surface area (Å²) in [5.41, 5.74) is 0. The van der Waals surface area contributed by atoms with E-state index in [2.05, 4.69) is 12.2 Å². The van der Waals surface area contributed by atoms with Crippen LogP contribution in [0.2, 0.25) is 0 Å². The minimum atomic E-state index is -0.0851. The summed E-state index contributed by atoms with van der Waals surface area (Å²) < 4.78 is 0. The molecule has 108 valence electrons. The molecule has 0 saturated carbocycles. The van der Waals surface area contributed by atoms with Crippen LogP contribution in [0.15, 0.2) is 0 Å². The number of rotatable bonds is 11. The van der Waals surface area contributed by atoms with Crippen LogP contribution in [0, 0.1) is 0 Å². The normalized spacial score (nSPS) is 23.7.